The molecule has 0 aliphatic carbocycles. The molecular weight excluding hydrogens is 336 g/mol. The van der Waals surface area contributed by atoms with Gasteiger partial charge < -0.3 is 9.47 Å². The smallest absolute Gasteiger partial charge is 0.363 e. The molecule has 0 fully saturated rings. The number of carbonyl (C=O) groups excluding carboxylic acids is 1. The first-order valence-electron chi connectivity index (χ1n) is 7.98. The molecule has 0 atom stereocenters. The van der Waals surface area contributed by atoms with Crippen molar-refractivity contribution in [3.8, 4) is 5.75 Å². The first-order chi connectivity index (χ1) is 11.8. The van der Waals surface area contributed by atoms with E-state index in [2.05, 4.69) is 9.98 Å². The lowest BCUT2D eigenvalue weighted by molar-refractivity contribution is -0.130. The minimum absolute atomic E-state index is 0.295. The van der Waals surface area contributed by atoms with E-state index < -0.39 is 5.97 Å². The molecule has 1 aliphatic rings. The summed E-state index contributed by atoms with van der Waals surface area (Å²) in [5.41, 5.74) is 1.81. The number of esters is 1. The lowest BCUT2D eigenvalue weighted by atomic mass is 9.97. The van der Waals surface area contributed by atoms with E-state index in [-0.39, 0.29) is 5.41 Å². The van der Waals surface area contributed by atoms with Crippen molar-refractivity contribution in [1.29, 1.82) is 0 Å². The maximum Gasteiger partial charge on any atom is 0.363 e. The highest BCUT2D eigenvalue weighted by atomic mass is 32.1. The van der Waals surface area contributed by atoms with E-state index in [0.717, 1.165) is 22.0 Å². The summed E-state index contributed by atoms with van der Waals surface area (Å²) in [7, 11) is 0. The second-order valence-electron chi connectivity index (χ2n) is 6.80. The summed E-state index contributed by atoms with van der Waals surface area (Å²) in [6.07, 6.45) is 1.72. The Morgan fingerprint density at radius 3 is 2.52 bits per heavy atom. The van der Waals surface area contributed by atoms with Gasteiger partial charge in [0.05, 0.1) is 10.7 Å². The highest BCUT2D eigenvalue weighted by Gasteiger charge is 2.31. The number of aryl methyl sites for hydroxylation is 1. The fraction of sp³-hybridized carbons (Fsp3) is 0.316. The van der Waals surface area contributed by atoms with Gasteiger partial charge in [0.1, 0.15) is 12.4 Å². The zero-order chi connectivity index (χ0) is 18.0. The number of cyclic esters (lactones) is 1. The third kappa shape index (κ3) is 4.33. The summed E-state index contributed by atoms with van der Waals surface area (Å²) in [5.74, 6) is 0.784. The molecule has 0 unspecified atom stereocenters. The van der Waals surface area contributed by atoms with E-state index in [9.17, 15) is 4.79 Å². The van der Waals surface area contributed by atoms with Crippen molar-refractivity contribution in [2.45, 2.75) is 34.3 Å². The highest BCUT2D eigenvalue weighted by Crippen LogP contribution is 2.26. The molecule has 0 amide bonds. The van der Waals surface area contributed by atoms with Crippen LogP contribution in [-0.2, 0) is 16.1 Å². The number of aromatic nitrogens is 1. The van der Waals surface area contributed by atoms with Crippen LogP contribution in [0.1, 0.15) is 37.0 Å². The van der Waals surface area contributed by atoms with Gasteiger partial charge in [-0.15, -0.1) is 11.3 Å². The van der Waals surface area contributed by atoms with E-state index >= 15 is 0 Å². The third-order valence-electron chi connectivity index (χ3n) is 3.50. The summed E-state index contributed by atoms with van der Waals surface area (Å²) in [6.45, 7) is 8.28. The summed E-state index contributed by atoms with van der Waals surface area (Å²) in [6, 6.07) is 7.49. The maximum atomic E-state index is 11.9. The Morgan fingerprint density at radius 1 is 1.24 bits per heavy atom. The third-order valence-corrected chi connectivity index (χ3v) is 4.32. The van der Waals surface area contributed by atoms with Gasteiger partial charge >= 0.3 is 5.97 Å². The van der Waals surface area contributed by atoms with Crippen molar-refractivity contribution in [3.63, 3.8) is 0 Å². The predicted octanol–water partition coefficient (Wildman–Crippen LogP) is 4.37. The Bertz CT molecular complexity index is 842. The molecule has 1 aliphatic heterocycles. The highest BCUT2D eigenvalue weighted by molar-refractivity contribution is 7.09. The van der Waals surface area contributed by atoms with Gasteiger partial charge in [0, 0.05) is 10.8 Å². The van der Waals surface area contributed by atoms with E-state index in [1.165, 1.54) is 0 Å². The molecule has 0 radical (unpaired) electrons. The molecule has 1 aromatic carbocycles. The van der Waals surface area contributed by atoms with Crippen LogP contribution in [0.5, 0.6) is 5.75 Å². The van der Waals surface area contributed by atoms with Crippen molar-refractivity contribution < 1.29 is 14.3 Å². The molecule has 1 aromatic heterocycles. The Morgan fingerprint density at radius 2 is 1.96 bits per heavy atom. The molecule has 2 aromatic rings. The van der Waals surface area contributed by atoms with Crippen LogP contribution in [0, 0.1) is 12.3 Å². The molecular formula is C19H20N2O3S. The zero-order valence-corrected chi connectivity index (χ0v) is 15.5. The minimum Gasteiger partial charge on any atom is -0.487 e. The van der Waals surface area contributed by atoms with E-state index in [4.69, 9.17) is 9.47 Å². The van der Waals surface area contributed by atoms with E-state index in [0.29, 0.717) is 18.2 Å². The molecule has 130 valence electrons. The lowest BCUT2D eigenvalue weighted by Crippen LogP contribution is -2.21. The van der Waals surface area contributed by atoms with Crippen LogP contribution in [0.2, 0.25) is 0 Å². The monoisotopic (exact) mass is 356 g/mol. The number of aliphatic imine (C=N–C) groups is 1. The molecule has 0 saturated carbocycles. The van der Waals surface area contributed by atoms with Crippen molar-refractivity contribution in [2.24, 2.45) is 10.4 Å². The van der Waals surface area contributed by atoms with Crippen LogP contribution in [-0.4, -0.2) is 16.9 Å². The summed E-state index contributed by atoms with van der Waals surface area (Å²) in [4.78, 5) is 20.6. The average Bonchev–Trinajstić information content (AvgIpc) is 3.13. The Kier molecular flexibility index (Phi) is 4.72. The Balaban J connectivity index is 1.68. The first kappa shape index (κ1) is 17.4. The van der Waals surface area contributed by atoms with Crippen molar-refractivity contribution in [1.82, 2.24) is 4.98 Å². The Labute approximate surface area is 151 Å². The molecule has 0 saturated heterocycles. The summed E-state index contributed by atoms with van der Waals surface area (Å²) < 4.78 is 11.0. The van der Waals surface area contributed by atoms with E-state index in [1.807, 2.05) is 57.3 Å². The van der Waals surface area contributed by atoms with Crippen molar-refractivity contribution in [3.05, 3.63) is 51.6 Å². The largest absolute Gasteiger partial charge is 0.487 e. The van der Waals surface area contributed by atoms with Gasteiger partial charge in [-0.1, -0.05) is 32.9 Å². The van der Waals surface area contributed by atoms with Gasteiger partial charge in [-0.25, -0.2) is 14.8 Å². The quantitative estimate of drug-likeness (QED) is 0.603. The minimum atomic E-state index is -0.413. The van der Waals surface area contributed by atoms with Crippen LogP contribution >= 0.6 is 11.3 Å². The standard InChI is InChI=1S/C19H20N2O3S/c1-12-20-14(11-25-12)10-23-15-7-5-13(6-8-15)9-16-17(22)24-18(21-16)19(2,3)4/h5-9,11H,10H2,1-4H3. The number of nitrogens with zero attached hydrogens (tertiary/aromatic N) is 2. The number of benzene rings is 1. The van der Waals surface area contributed by atoms with Crippen LogP contribution in [0.25, 0.3) is 6.08 Å². The number of hydrogen-bond acceptors (Lipinski definition) is 6. The number of carbonyl (C=O) groups is 1. The van der Waals surface area contributed by atoms with Crippen LogP contribution in [0.4, 0.5) is 0 Å². The molecule has 0 bridgehead atoms. The Hall–Kier alpha value is -2.47. The molecule has 6 heteroatoms. The second-order valence-corrected chi connectivity index (χ2v) is 7.86. The van der Waals surface area contributed by atoms with Crippen LogP contribution < -0.4 is 4.74 Å². The fourth-order valence-corrected chi connectivity index (χ4v) is 2.78. The van der Waals surface area contributed by atoms with Gasteiger partial charge in [0.2, 0.25) is 5.90 Å². The van der Waals surface area contributed by atoms with Gasteiger partial charge in [0.15, 0.2) is 5.70 Å². The van der Waals surface area contributed by atoms with Gasteiger partial charge in [0.25, 0.3) is 0 Å². The normalized spacial score (nSPS) is 16.1. The predicted molar refractivity (Wildman–Crippen MR) is 98.6 cm³/mol. The lowest BCUT2D eigenvalue weighted by Gasteiger charge is -2.15. The van der Waals surface area contributed by atoms with Crippen molar-refractivity contribution in [2.75, 3.05) is 0 Å². The SMILES string of the molecule is Cc1nc(COc2ccc(C=C3N=C(C(C)(C)C)OC3=O)cc2)cs1. The van der Waals surface area contributed by atoms with Crippen LogP contribution in [0.3, 0.4) is 0 Å². The summed E-state index contributed by atoms with van der Waals surface area (Å²) in [5, 5.41) is 3.02. The topological polar surface area (TPSA) is 60.8 Å². The van der Waals surface area contributed by atoms with Gasteiger partial charge in [-0.2, -0.15) is 0 Å². The first-order valence-corrected chi connectivity index (χ1v) is 8.86. The molecule has 0 spiro atoms. The average molecular weight is 356 g/mol. The number of thiazole rings is 1. The number of rotatable bonds is 4. The molecule has 3 rings (SSSR count). The molecule has 2 heterocycles. The van der Waals surface area contributed by atoms with Gasteiger partial charge in [-0.3, -0.25) is 0 Å². The zero-order valence-electron chi connectivity index (χ0n) is 14.7. The molecule has 0 N–H and O–H groups in total. The van der Waals surface area contributed by atoms with E-state index in [1.54, 1.807) is 17.4 Å². The van der Waals surface area contributed by atoms with Crippen molar-refractivity contribution >= 4 is 29.3 Å². The summed E-state index contributed by atoms with van der Waals surface area (Å²) >= 11 is 1.61. The molecule has 5 nitrogen and oxygen atoms in total. The second kappa shape index (κ2) is 6.80. The fourth-order valence-electron chi connectivity index (χ4n) is 2.18. The molecule has 25 heavy (non-hydrogen) atoms. The van der Waals surface area contributed by atoms with Gasteiger partial charge in [-0.05, 0) is 30.7 Å². The van der Waals surface area contributed by atoms with Crippen LogP contribution in [0.15, 0.2) is 40.3 Å². The number of ether oxygens (including phenoxy) is 2. The number of hydrogen-bond donors (Lipinski definition) is 0. The maximum absolute atomic E-state index is 11.9.